The molecule has 1 heterocycles. The molecule has 4 rings (SSSR count). The fourth-order valence-electron chi connectivity index (χ4n) is 4.33. The minimum absolute atomic E-state index is 0.00315. The van der Waals surface area contributed by atoms with Gasteiger partial charge in [-0.3, -0.25) is 19.7 Å². The third-order valence-electron chi connectivity index (χ3n) is 6.26. The fraction of sp³-hybridized carbons (Fsp3) is 0.259. The molecule has 0 unspecified atom stereocenters. The van der Waals surface area contributed by atoms with Crippen LogP contribution in [0.4, 0.5) is 17.1 Å². The molecule has 0 radical (unpaired) electrons. The van der Waals surface area contributed by atoms with Crippen molar-refractivity contribution in [2.45, 2.75) is 13.3 Å². The van der Waals surface area contributed by atoms with Gasteiger partial charge in [0.05, 0.1) is 4.92 Å². The molecule has 1 fully saturated rings. The molecule has 3 aromatic rings. The molecular weight excluding hydrogens is 444 g/mol. The number of carbonyl (C=O) groups excluding carboxylic acids is 2. The average Bonchev–Trinajstić information content (AvgIpc) is 2.89. The molecule has 0 aliphatic carbocycles. The van der Waals surface area contributed by atoms with Gasteiger partial charge in [0.15, 0.2) is 0 Å². The monoisotopic (exact) mass is 472 g/mol. The Balaban J connectivity index is 1.60. The zero-order valence-electron chi connectivity index (χ0n) is 19.7. The van der Waals surface area contributed by atoms with Crippen molar-refractivity contribution in [2.24, 2.45) is 0 Å². The molecule has 1 aliphatic rings. The number of carbonyl (C=O) groups is 2. The van der Waals surface area contributed by atoms with Crippen LogP contribution in [0.3, 0.4) is 0 Å². The number of nitro groups is 1. The second-order valence-electron chi connectivity index (χ2n) is 8.48. The standard InChI is InChI=1S/C27H28N4O4/c1-21(32)28-16-18-29(19-17-28)25-13-12-23(20-26(25)31(34)35)27(33)30(24-10-6-3-7-11-24)15-14-22-8-4-2-5-9-22/h2-13,20H,14-19H2,1H3. The SMILES string of the molecule is CC(=O)N1CCN(c2ccc(C(=O)N(CCc3ccccc3)c3ccccc3)cc2[N+](=O)[O-])CC1. The Hall–Kier alpha value is -4.20. The lowest BCUT2D eigenvalue weighted by Crippen LogP contribution is -2.48. The van der Waals surface area contributed by atoms with Gasteiger partial charge in [0.1, 0.15) is 5.69 Å². The molecule has 0 spiro atoms. The van der Waals surface area contributed by atoms with Gasteiger partial charge in [-0.05, 0) is 36.2 Å². The lowest BCUT2D eigenvalue weighted by molar-refractivity contribution is -0.384. The minimum atomic E-state index is -0.444. The maximum Gasteiger partial charge on any atom is 0.293 e. The van der Waals surface area contributed by atoms with E-state index >= 15 is 0 Å². The molecular formula is C27H28N4O4. The van der Waals surface area contributed by atoms with Gasteiger partial charge in [-0.15, -0.1) is 0 Å². The summed E-state index contributed by atoms with van der Waals surface area (Å²) in [5, 5.41) is 12.0. The molecule has 35 heavy (non-hydrogen) atoms. The van der Waals surface area contributed by atoms with Crippen LogP contribution in [-0.2, 0) is 11.2 Å². The van der Waals surface area contributed by atoms with E-state index in [9.17, 15) is 19.7 Å². The van der Waals surface area contributed by atoms with E-state index in [0.717, 1.165) is 11.3 Å². The van der Waals surface area contributed by atoms with Crippen LogP contribution >= 0.6 is 0 Å². The lowest BCUT2D eigenvalue weighted by Gasteiger charge is -2.35. The van der Waals surface area contributed by atoms with Crippen LogP contribution in [0.25, 0.3) is 0 Å². The summed E-state index contributed by atoms with van der Waals surface area (Å²) in [5.74, 6) is -0.292. The summed E-state index contributed by atoms with van der Waals surface area (Å²) in [6, 6.07) is 23.9. The van der Waals surface area contributed by atoms with Crippen molar-refractivity contribution in [1.29, 1.82) is 0 Å². The lowest BCUT2D eigenvalue weighted by atomic mass is 10.1. The number of amides is 2. The first-order chi connectivity index (χ1) is 16.9. The van der Waals surface area contributed by atoms with Crippen LogP contribution in [0.1, 0.15) is 22.8 Å². The number of benzene rings is 3. The Labute approximate surface area is 204 Å². The van der Waals surface area contributed by atoms with E-state index in [2.05, 4.69) is 0 Å². The normalized spacial score (nSPS) is 13.4. The number of para-hydroxylation sites is 1. The number of hydrogen-bond donors (Lipinski definition) is 0. The Morgan fingerprint density at radius 3 is 2.14 bits per heavy atom. The number of hydrogen-bond acceptors (Lipinski definition) is 5. The number of anilines is 2. The summed E-state index contributed by atoms with van der Waals surface area (Å²) in [6.45, 7) is 3.98. The molecule has 180 valence electrons. The zero-order valence-corrected chi connectivity index (χ0v) is 19.7. The van der Waals surface area contributed by atoms with Gasteiger partial charge in [-0.2, -0.15) is 0 Å². The molecule has 0 N–H and O–H groups in total. The number of piperazine rings is 1. The van der Waals surface area contributed by atoms with Crippen molar-refractivity contribution in [1.82, 2.24) is 4.90 Å². The predicted molar refractivity (Wildman–Crippen MR) is 136 cm³/mol. The van der Waals surface area contributed by atoms with Gasteiger partial charge >= 0.3 is 0 Å². The molecule has 1 saturated heterocycles. The van der Waals surface area contributed by atoms with E-state index in [-0.39, 0.29) is 23.1 Å². The third kappa shape index (κ3) is 5.66. The maximum absolute atomic E-state index is 13.6. The highest BCUT2D eigenvalue weighted by Gasteiger charge is 2.27. The van der Waals surface area contributed by atoms with E-state index in [1.807, 2.05) is 65.6 Å². The van der Waals surface area contributed by atoms with Crippen LogP contribution in [-0.4, -0.2) is 54.4 Å². The summed E-state index contributed by atoms with van der Waals surface area (Å²) in [5.41, 5.74) is 2.46. The summed E-state index contributed by atoms with van der Waals surface area (Å²) in [7, 11) is 0. The van der Waals surface area contributed by atoms with E-state index in [1.165, 1.54) is 13.0 Å². The highest BCUT2D eigenvalue weighted by molar-refractivity contribution is 6.07. The summed E-state index contributed by atoms with van der Waals surface area (Å²) >= 11 is 0. The zero-order chi connectivity index (χ0) is 24.8. The predicted octanol–water partition coefficient (Wildman–Crippen LogP) is 4.15. The molecule has 0 atom stereocenters. The number of nitro benzene ring substituents is 1. The fourth-order valence-corrected chi connectivity index (χ4v) is 4.33. The van der Waals surface area contributed by atoms with Gasteiger partial charge in [-0.25, -0.2) is 0 Å². The number of rotatable bonds is 7. The van der Waals surface area contributed by atoms with Gasteiger partial charge in [0, 0.05) is 57.0 Å². The molecule has 0 aromatic heterocycles. The summed E-state index contributed by atoms with van der Waals surface area (Å²) in [4.78, 5) is 42.0. The smallest absolute Gasteiger partial charge is 0.293 e. The second kappa shape index (κ2) is 10.8. The molecule has 0 bridgehead atoms. The largest absolute Gasteiger partial charge is 0.362 e. The average molecular weight is 473 g/mol. The molecule has 8 nitrogen and oxygen atoms in total. The Bertz CT molecular complexity index is 1190. The van der Waals surface area contributed by atoms with Gasteiger partial charge in [-0.1, -0.05) is 48.5 Å². The molecule has 0 saturated carbocycles. The van der Waals surface area contributed by atoms with Crippen molar-refractivity contribution in [3.63, 3.8) is 0 Å². The van der Waals surface area contributed by atoms with Gasteiger partial charge in [0.25, 0.3) is 11.6 Å². The highest BCUT2D eigenvalue weighted by atomic mass is 16.6. The van der Waals surface area contributed by atoms with Crippen LogP contribution in [0.5, 0.6) is 0 Å². The van der Waals surface area contributed by atoms with Crippen molar-refractivity contribution >= 4 is 28.9 Å². The van der Waals surface area contributed by atoms with Crippen LogP contribution in [0, 0.1) is 10.1 Å². The first kappa shape index (κ1) is 23.9. The molecule has 2 amide bonds. The number of nitrogens with zero attached hydrogens (tertiary/aromatic N) is 4. The highest BCUT2D eigenvalue weighted by Crippen LogP contribution is 2.31. The van der Waals surface area contributed by atoms with Crippen molar-refractivity contribution in [3.05, 3.63) is 100 Å². The van der Waals surface area contributed by atoms with Crippen molar-refractivity contribution in [3.8, 4) is 0 Å². The third-order valence-corrected chi connectivity index (χ3v) is 6.26. The van der Waals surface area contributed by atoms with Crippen molar-refractivity contribution in [2.75, 3.05) is 42.5 Å². The molecule has 3 aromatic carbocycles. The van der Waals surface area contributed by atoms with E-state index in [4.69, 9.17) is 0 Å². The molecule has 1 aliphatic heterocycles. The summed E-state index contributed by atoms with van der Waals surface area (Å²) < 4.78 is 0. The first-order valence-corrected chi connectivity index (χ1v) is 11.6. The van der Waals surface area contributed by atoms with Crippen LogP contribution < -0.4 is 9.80 Å². The van der Waals surface area contributed by atoms with Gasteiger partial charge < -0.3 is 14.7 Å². The van der Waals surface area contributed by atoms with Crippen LogP contribution in [0.15, 0.2) is 78.9 Å². The Morgan fingerprint density at radius 1 is 0.914 bits per heavy atom. The maximum atomic E-state index is 13.6. The van der Waals surface area contributed by atoms with E-state index in [1.54, 1.807) is 21.9 Å². The van der Waals surface area contributed by atoms with E-state index in [0.29, 0.717) is 44.8 Å². The minimum Gasteiger partial charge on any atom is -0.362 e. The van der Waals surface area contributed by atoms with E-state index < -0.39 is 4.92 Å². The quantitative estimate of drug-likeness (QED) is 0.381. The Morgan fingerprint density at radius 2 is 1.54 bits per heavy atom. The van der Waals surface area contributed by atoms with Gasteiger partial charge in [0.2, 0.25) is 5.91 Å². The first-order valence-electron chi connectivity index (χ1n) is 11.6. The Kier molecular flexibility index (Phi) is 7.40. The second-order valence-corrected chi connectivity index (χ2v) is 8.48. The molecule has 8 heteroatoms. The van der Waals surface area contributed by atoms with Crippen molar-refractivity contribution < 1.29 is 14.5 Å². The van der Waals surface area contributed by atoms with Crippen LogP contribution in [0.2, 0.25) is 0 Å². The topological polar surface area (TPSA) is 87.0 Å². The summed E-state index contributed by atoms with van der Waals surface area (Å²) in [6.07, 6.45) is 0.655.